The van der Waals surface area contributed by atoms with Crippen LogP contribution < -0.4 is 5.32 Å². The zero-order chi connectivity index (χ0) is 15.7. The minimum absolute atomic E-state index is 1.14. The number of rotatable bonds is 0. The van der Waals surface area contributed by atoms with Gasteiger partial charge in [0.25, 0.3) is 0 Å². The first-order chi connectivity index (χ1) is 11.4. The highest BCUT2D eigenvalue weighted by atomic mass is 14.8. The minimum atomic E-state index is 1.14. The van der Waals surface area contributed by atoms with Gasteiger partial charge in [0.2, 0.25) is 0 Å². The maximum Gasteiger partial charge on any atom is 0.0459 e. The van der Waals surface area contributed by atoms with E-state index in [1.807, 2.05) is 12.3 Å². The van der Waals surface area contributed by atoms with Crippen LogP contribution >= 0.6 is 0 Å². The van der Waals surface area contributed by atoms with Crippen molar-refractivity contribution in [3.05, 3.63) is 60.3 Å². The van der Waals surface area contributed by atoms with Gasteiger partial charge in [-0.15, -0.1) is 11.8 Å². The van der Waals surface area contributed by atoms with Crippen molar-refractivity contribution >= 4 is 11.8 Å². The summed E-state index contributed by atoms with van der Waals surface area (Å²) in [5, 5.41) is 3.29. The van der Waals surface area contributed by atoms with E-state index < -0.39 is 0 Å². The summed E-state index contributed by atoms with van der Waals surface area (Å²) in [4.78, 5) is 0. The summed E-state index contributed by atoms with van der Waals surface area (Å²) in [6.45, 7) is 0. The normalized spacial score (nSPS) is 15.0. The largest absolute Gasteiger partial charge is 0.361 e. The van der Waals surface area contributed by atoms with Crippen molar-refractivity contribution in [1.29, 1.82) is 0 Å². The molecule has 116 valence electrons. The Morgan fingerprint density at radius 2 is 1.35 bits per heavy atom. The molecule has 0 saturated heterocycles. The van der Waals surface area contributed by atoms with E-state index in [0.717, 1.165) is 12.8 Å². The molecule has 0 atom stereocenters. The highest BCUT2D eigenvalue weighted by molar-refractivity contribution is 5.86. The van der Waals surface area contributed by atoms with Gasteiger partial charge in [-0.2, -0.15) is 0 Å². The van der Waals surface area contributed by atoms with Crippen molar-refractivity contribution in [2.45, 2.75) is 38.5 Å². The fourth-order valence-corrected chi connectivity index (χ4v) is 2.91. The monoisotopic (exact) mass is 301 g/mol. The highest BCUT2D eigenvalue weighted by Crippen LogP contribution is 2.33. The maximum absolute atomic E-state index is 3.29. The Balaban J connectivity index is 0.000000166. The van der Waals surface area contributed by atoms with E-state index in [1.165, 1.54) is 48.1 Å². The van der Waals surface area contributed by atoms with Gasteiger partial charge < -0.3 is 5.32 Å². The number of hydrogen-bond donors (Lipinski definition) is 1. The summed E-state index contributed by atoms with van der Waals surface area (Å²) < 4.78 is 0. The van der Waals surface area contributed by atoms with Crippen molar-refractivity contribution in [3.63, 3.8) is 0 Å². The number of fused-ring (bicyclic) bond motifs is 3. The fourth-order valence-electron chi connectivity index (χ4n) is 2.91. The molecule has 2 aliphatic rings. The zero-order valence-electron chi connectivity index (χ0n) is 13.5. The maximum atomic E-state index is 3.29. The molecule has 0 aromatic heterocycles. The van der Waals surface area contributed by atoms with Gasteiger partial charge in [-0.05, 0) is 36.1 Å². The number of anilines is 1. The van der Waals surface area contributed by atoms with E-state index in [4.69, 9.17) is 0 Å². The van der Waals surface area contributed by atoms with Crippen LogP contribution in [0.4, 0.5) is 5.69 Å². The zero-order valence-corrected chi connectivity index (χ0v) is 13.5. The Kier molecular flexibility index (Phi) is 5.53. The first-order valence-electron chi connectivity index (χ1n) is 8.52. The van der Waals surface area contributed by atoms with E-state index in [-0.39, 0.29) is 0 Å². The second kappa shape index (κ2) is 8.25. The number of benzene rings is 2. The number of para-hydroxylation sites is 1. The Hall–Kier alpha value is -2.46. The number of nitrogens with one attached hydrogen (secondary N) is 1. The third-order valence-corrected chi connectivity index (χ3v) is 4.16. The molecule has 0 fully saturated rings. The van der Waals surface area contributed by atoms with Crippen molar-refractivity contribution in [2.24, 2.45) is 0 Å². The summed E-state index contributed by atoms with van der Waals surface area (Å²) in [5.41, 5.74) is 4.97. The molecule has 0 unspecified atom stereocenters. The quantitative estimate of drug-likeness (QED) is 0.580. The molecule has 1 aliphatic carbocycles. The molecule has 0 amide bonds. The van der Waals surface area contributed by atoms with Crippen LogP contribution in [0.1, 0.15) is 44.1 Å². The summed E-state index contributed by atoms with van der Waals surface area (Å²) in [5.74, 6) is 6.27. The van der Waals surface area contributed by atoms with Gasteiger partial charge in [-0.1, -0.05) is 55.3 Å². The molecule has 1 aliphatic heterocycles. The van der Waals surface area contributed by atoms with Crippen LogP contribution in [0.25, 0.3) is 17.2 Å². The molecular weight excluding hydrogens is 278 g/mol. The van der Waals surface area contributed by atoms with Gasteiger partial charge in [0, 0.05) is 30.3 Å². The molecule has 0 saturated carbocycles. The lowest BCUT2D eigenvalue weighted by Gasteiger charge is -2.08. The van der Waals surface area contributed by atoms with Gasteiger partial charge in [0.15, 0.2) is 0 Å². The van der Waals surface area contributed by atoms with Crippen LogP contribution in [0.2, 0.25) is 0 Å². The van der Waals surface area contributed by atoms with Crippen molar-refractivity contribution in [1.82, 2.24) is 0 Å². The van der Waals surface area contributed by atoms with Crippen LogP contribution in [0.15, 0.2) is 54.7 Å². The van der Waals surface area contributed by atoms with Gasteiger partial charge >= 0.3 is 0 Å². The summed E-state index contributed by atoms with van der Waals surface area (Å²) in [6, 6.07) is 16.8. The predicted octanol–water partition coefficient (Wildman–Crippen LogP) is 6.09. The van der Waals surface area contributed by atoms with Crippen molar-refractivity contribution in [2.75, 3.05) is 5.32 Å². The van der Waals surface area contributed by atoms with E-state index in [0.29, 0.717) is 0 Å². The van der Waals surface area contributed by atoms with Gasteiger partial charge in [-0.3, -0.25) is 0 Å². The van der Waals surface area contributed by atoms with Crippen LogP contribution in [0.5, 0.6) is 0 Å². The van der Waals surface area contributed by atoms with E-state index in [2.05, 4.69) is 65.7 Å². The number of hydrogen-bond acceptors (Lipinski definition) is 1. The van der Waals surface area contributed by atoms with Crippen LogP contribution in [0.3, 0.4) is 0 Å². The molecular formula is C22H23N. The molecule has 1 nitrogen and oxygen atoms in total. The summed E-state index contributed by atoms with van der Waals surface area (Å²) in [6.07, 6.45) is 11.8. The Bertz CT molecular complexity index is 719. The van der Waals surface area contributed by atoms with Gasteiger partial charge in [0.1, 0.15) is 0 Å². The standard InChI is InChI=1S/C14H11N.C8H12/c1-2-6-12-11(5-1)9-10-15-14-8-4-3-7-13(12)14;1-2-4-6-8-7-5-3-1/h1-10,15H;1-6H2. The smallest absolute Gasteiger partial charge is 0.0459 e. The lowest BCUT2D eigenvalue weighted by Crippen LogP contribution is -1.87. The summed E-state index contributed by atoms with van der Waals surface area (Å²) >= 11 is 0. The first-order valence-corrected chi connectivity index (χ1v) is 8.52. The Morgan fingerprint density at radius 1 is 0.696 bits per heavy atom. The van der Waals surface area contributed by atoms with Crippen LogP contribution in [0, 0.1) is 11.8 Å². The predicted molar refractivity (Wildman–Crippen MR) is 100 cm³/mol. The third kappa shape index (κ3) is 4.27. The molecule has 1 heterocycles. The average molecular weight is 301 g/mol. The van der Waals surface area contributed by atoms with Crippen LogP contribution in [-0.2, 0) is 0 Å². The minimum Gasteiger partial charge on any atom is -0.361 e. The SMILES string of the molecule is C1#CCCCCCC1.C1=Cc2ccccc2-c2ccccc2N1. The fraction of sp³-hybridized carbons (Fsp3) is 0.273. The molecule has 2 aromatic carbocycles. The first kappa shape index (κ1) is 15.4. The molecule has 4 rings (SSSR count). The lowest BCUT2D eigenvalue weighted by atomic mass is 9.99. The molecule has 2 aromatic rings. The second-order valence-electron chi connectivity index (χ2n) is 5.88. The highest BCUT2D eigenvalue weighted by Gasteiger charge is 2.08. The van der Waals surface area contributed by atoms with E-state index in [1.54, 1.807) is 0 Å². The molecule has 1 heteroatoms. The Morgan fingerprint density at radius 3 is 2.13 bits per heavy atom. The third-order valence-electron chi connectivity index (χ3n) is 4.16. The molecule has 0 radical (unpaired) electrons. The Labute approximate surface area is 139 Å². The molecule has 1 N–H and O–H groups in total. The topological polar surface area (TPSA) is 12.0 Å². The van der Waals surface area contributed by atoms with Gasteiger partial charge in [0.05, 0.1) is 0 Å². The average Bonchev–Trinajstić information content (AvgIpc) is 2.74. The molecule has 0 spiro atoms. The molecule has 0 bridgehead atoms. The van der Waals surface area contributed by atoms with Crippen LogP contribution in [-0.4, -0.2) is 0 Å². The van der Waals surface area contributed by atoms with E-state index >= 15 is 0 Å². The summed E-state index contributed by atoms with van der Waals surface area (Å²) in [7, 11) is 0. The van der Waals surface area contributed by atoms with Gasteiger partial charge in [-0.25, -0.2) is 0 Å². The second-order valence-corrected chi connectivity index (χ2v) is 5.88. The molecule has 23 heavy (non-hydrogen) atoms. The van der Waals surface area contributed by atoms with E-state index in [9.17, 15) is 0 Å². The van der Waals surface area contributed by atoms with Crippen molar-refractivity contribution in [3.8, 4) is 23.0 Å². The lowest BCUT2D eigenvalue weighted by molar-refractivity contribution is 0.652. The van der Waals surface area contributed by atoms with Crippen molar-refractivity contribution < 1.29 is 0 Å².